The molecule has 6 nitrogen and oxygen atoms in total. The van der Waals surface area contributed by atoms with Crippen LogP contribution in [0.2, 0.25) is 0 Å². The van der Waals surface area contributed by atoms with Gasteiger partial charge in [-0.3, -0.25) is 4.79 Å². The Morgan fingerprint density at radius 3 is 2.34 bits per heavy atom. The summed E-state index contributed by atoms with van der Waals surface area (Å²) < 4.78 is 18.2. The Balaban J connectivity index is 1.38. The molecule has 0 unspecified atom stereocenters. The molecule has 0 aliphatic rings. The van der Waals surface area contributed by atoms with Gasteiger partial charge in [-0.1, -0.05) is 30.3 Å². The Bertz CT molecular complexity index is 1190. The molecule has 32 heavy (non-hydrogen) atoms. The highest BCUT2D eigenvalue weighted by molar-refractivity contribution is 5.95. The maximum Gasteiger partial charge on any atom is 0.251 e. The van der Waals surface area contributed by atoms with Crippen LogP contribution >= 0.6 is 0 Å². The predicted molar refractivity (Wildman–Crippen MR) is 121 cm³/mol. The van der Waals surface area contributed by atoms with Gasteiger partial charge in [-0.05, 0) is 53.6 Å². The third-order valence-electron chi connectivity index (χ3n) is 4.82. The van der Waals surface area contributed by atoms with E-state index in [1.165, 1.54) is 12.1 Å². The summed E-state index contributed by atoms with van der Waals surface area (Å²) in [5, 5.41) is 6.01. The zero-order valence-corrected chi connectivity index (χ0v) is 17.4. The largest absolute Gasteiger partial charge is 0.497 e. The molecule has 1 amide bonds. The Labute approximate surface area is 185 Å². The van der Waals surface area contributed by atoms with Gasteiger partial charge in [-0.15, -0.1) is 0 Å². The van der Waals surface area contributed by atoms with Crippen LogP contribution in [0, 0.1) is 5.82 Å². The van der Waals surface area contributed by atoms with Gasteiger partial charge < -0.3 is 15.4 Å². The van der Waals surface area contributed by atoms with Gasteiger partial charge in [-0.25, -0.2) is 14.4 Å². The van der Waals surface area contributed by atoms with Crippen molar-refractivity contribution in [2.45, 2.75) is 6.54 Å². The second-order valence-corrected chi connectivity index (χ2v) is 7.04. The number of nitrogens with one attached hydrogen (secondary N) is 2. The van der Waals surface area contributed by atoms with Crippen molar-refractivity contribution in [3.63, 3.8) is 0 Å². The van der Waals surface area contributed by atoms with Crippen molar-refractivity contribution >= 4 is 17.5 Å². The van der Waals surface area contributed by atoms with Crippen LogP contribution in [-0.2, 0) is 6.54 Å². The smallest absolute Gasteiger partial charge is 0.251 e. The lowest BCUT2D eigenvalue weighted by Gasteiger charge is -2.09. The first-order chi connectivity index (χ1) is 15.6. The molecule has 160 valence electrons. The van der Waals surface area contributed by atoms with E-state index in [9.17, 15) is 9.18 Å². The van der Waals surface area contributed by atoms with Crippen molar-refractivity contribution in [1.29, 1.82) is 0 Å². The minimum absolute atomic E-state index is 0.183. The Hall–Kier alpha value is -4.26. The van der Waals surface area contributed by atoms with E-state index in [1.54, 1.807) is 49.8 Å². The monoisotopic (exact) mass is 428 g/mol. The van der Waals surface area contributed by atoms with E-state index in [4.69, 9.17) is 4.74 Å². The van der Waals surface area contributed by atoms with Crippen LogP contribution in [0.4, 0.5) is 16.0 Å². The molecule has 1 heterocycles. The first-order valence-corrected chi connectivity index (χ1v) is 9.97. The fourth-order valence-corrected chi connectivity index (χ4v) is 3.08. The Morgan fingerprint density at radius 1 is 0.938 bits per heavy atom. The van der Waals surface area contributed by atoms with E-state index < -0.39 is 0 Å². The van der Waals surface area contributed by atoms with Gasteiger partial charge in [-0.2, -0.15) is 0 Å². The molecule has 0 saturated heterocycles. The average molecular weight is 428 g/mol. The van der Waals surface area contributed by atoms with Crippen LogP contribution in [-0.4, -0.2) is 23.0 Å². The Morgan fingerprint density at radius 2 is 1.66 bits per heavy atom. The van der Waals surface area contributed by atoms with E-state index >= 15 is 0 Å². The lowest BCUT2D eigenvalue weighted by Crippen LogP contribution is -2.22. The molecule has 0 aliphatic carbocycles. The number of aromatic nitrogens is 2. The summed E-state index contributed by atoms with van der Waals surface area (Å²) in [4.78, 5) is 21.2. The molecular weight excluding hydrogens is 407 g/mol. The second-order valence-electron chi connectivity index (χ2n) is 7.04. The fraction of sp³-hybridized carbons (Fsp3) is 0.0800. The molecule has 7 heteroatoms. The highest BCUT2D eigenvalue weighted by Gasteiger charge is 2.08. The van der Waals surface area contributed by atoms with Gasteiger partial charge in [0.25, 0.3) is 5.91 Å². The highest BCUT2D eigenvalue weighted by Crippen LogP contribution is 2.20. The quantitative estimate of drug-likeness (QED) is 0.435. The van der Waals surface area contributed by atoms with Gasteiger partial charge in [0, 0.05) is 35.8 Å². The molecule has 4 rings (SSSR count). The summed E-state index contributed by atoms with van der Waals surface area (Å²) in [5.74, 6) is 0.691. The first-order valence-electron chi connectivity index (χ1n) is 9.97. The van der Waals surface area contributed by atoms with Crippen LogP contribution in [0.1, 0.15) is 15.9 Å². The summed E-state index contributed by atoms with van der Waals surface area (Å²) in [6.45, 7) is 0.411. The first kappa shape index (κ1) is 21.0. The van der Waals surface area contributed by atoms with Crippen molar-refractivity contribution in [3.05, 3.63) is 102 Å². The van der Waals surface area contributed by atoms with Crippen LogP contribution < -0.4 is 15.4 Å². The third-order valence-corrected chi connectivity index (χ3v) is 4.82. The molecule has 3 aromatic carbocycles. The van der Waals surface area contributed by atoms with E-state index in [2.05, 4.69) is 20.6 Å². The molecule has 4 aromatic rings. The number of hydrogen-bond donors (Lipinski definition) is 2. The average Bonchev–Trinajstić information content (AvgIpc) is 2.84. The number of anilines is 2. The number of nitrogens with zero attached hydrogens (tertiary/aromatic N) is 2. The number of rotatable bonds is 7. The molecule has 0 bridgehead atoms. The topological polar surface area (TPSA) is 76.1 Å². The van der Waals surface area contributed by atoms with Crippen molar-refractivity contribution in [2.24, 2.45) is 0 Å². The molecule has 0 radical (unpaired) electrons. The van der Waals surface area contributed by atoms with E-state index in [0.29, 0.717) is 23.7 Å². The zero-order valence-electron chi connectivity index (χ0n) is 17.4. The number of ether oxygens (including phenoxy) is 1. The van der Waals surface area contributed by atoms with Crippen LogP contribution in [0.5, 0.6) is 5.75 Å². The van der Waals surface area contributed by atoms with Gasteiger partial charge >= 0.3 is 0 Å². The minimum Gasteiger partial charge on any atom is -0.497 e. The zero-order chi connectivity index (χ0) is 22.3. The molecular formula is C25H21FN4O2. The second kappa shape index (κ2) is 9.70. The predicted octanol–water partition coefficient (Wildman–Crippen LogP) is 4.96. The molecule has 0 atom stereocenters. The molecule has 0 aliphatic heterocycles. The number of methoxy groups -OCH3 is 1. The number of halogens is 1. The summed E-state index contributed by atoms with van der Waals surface area (Å²) >= 11 is 0. The van der Waals surface area contributed by atoms with Gasteiger partial charge in [0.05, 0.1) is 7.11 Å². The van der Waals surface area contributed by atoms with E-state index in [1.807, 2.05) is 30.3 Å². The summed E-state index contributed by atoms with van der Waals surface area (Å²) in [7, 11) is 1.61. The number of benzene rings is 3. The SMILES string of the molecule is COc1ccc(CNC(=O)c2cccc(Nc3ncc(-c4ccc(F)cc4)cn3)c2)cc1. The maximum atomic E-state index is 13.1. The summed E-state index contributed by atoms with van der Waals surface area (Å²) in [6.07, 6.45) is 3.32. The van der Waals surface area contributed by atoms with Gasteiger partial charge in [0.1, 0.15) is 11.6 Å². The van der Waals surface area contributed by atoms with Gasteiger partial charge in [0.15, 0.2) is 0 Å². The number of carbonyl (C=O) groups excluding carboxylic acids is 1. The van der Waals surface area contributed by atoms with Crippen LogP contribution in [0.3, 0.4) is 0 Å². The number of hydrogen-bond acceptors (Lipinski definition) is 5. The molecule has 0 fully saturated rings. The summed E-state index contributed by atoms with van der Waals surface area (Å²) in [6, 6.07) is 20.8. The molecule has 1 aromatic heterocycles. The summed E-state index contributed by atoms with van der Waals surface area (Å²) in [5.41, 5.74) is 3.79. The maximum absolute atomic E-state index is 13.1. The third kappa shape index (κ3) is 5.26. The van der Waals surface area contributed by atoms with Crippen molar-refractivity contribution in [2.75, 3.05) is 12.4 Å². The van der Waals surface area contributed by atoms with Crippen LogP contribution in [0.15, 0.2) is 85.2 Å². The Kier molecular flexibility index (Phi) is 6.36. The number of amides is 1. The normalized spacial score (nSPS) is 10.4. The standard InChI is InChI=1S/C25H21FN4O2/c1-32-23-11-5-17(6-12-23)14-27-24(31)19-3-2-4-22(13-19)30-25-28-15-20(16-29-25)18-7-9-21(26)10-8-18/h2-13,15-16H,14H2,1H3,(H,27,31)(H,28,29,30). The fourth-order valence-electron chi connectivity index (χ4n) is 3.08. The molecule has 2 N–H and O–H groups in total. The minimum atomic E-state index is -0.291. The highest BCUT2D eigenvalue weighted by atomic mass is 19.1. The number of carbonyl (C=O) groups is 1. The van der Waals surface area contributed by atoms with E-state index in [0.717, 1.165) is 22.4 Å². The van der Waals surface area contributed by atoms with Crippen molar-refractivity contribution in [3.8, 4) is 16.9 Å². The van der Waals surface area contributed by atoms with Crippen LogP contribution in [0.25, 0.3) is 11.1 Å². The van der Waals surface area contributed by atoms with E-state index in [-0.39, 0.29) is 11.7 Å². The van der Waals surface area contributed by atoms with Gasteiger partial charge in [0.2, 0.25) is 5.95 Å². The lowest BCUT2D eigenvalue weighted by atomic mass is 10.1. The lowest BCUT2D eigenvalue weighted by molar-refractivity contribution is 0.0951. The van der Waals surface area contributed by atoms with Crippen molar-refractivity contribution in [1.82, 2.24) is 15.3 Å². The molecule has 0 saturated carbocycles. The molecule has 0 spiro atoms. The van der Waals surface area contributed by atoms with Crippen molar-refractivity contribution < 1.29 is 13.9 Å².